The number of halogens is 2. The molecule has 0 aliphatic heterocycles. The van der Waals surface area contributed by atoms with Gasteiger partial charge in [-0.25, -0.2) is 4.39 Å². The third-order valence-electron chi connectivity index (χ3n) is 2.63. The van der Waals surface area contributed by atoms with Crippen molar-refractivity contribution in [2.24, 2.45) is 0 Å². The second kappa shape index (κ2) is 5.32. The number of benzene rings is 1. The SMILES string of the molecule is CCC(Cl)c1cnn(Cc2ccc(F)cc2)c1. The van der Waals surface area contributed by atoms with Gasteiger partial charge in [0.1, 0.15) is 5.82 Å². The second-order valence-corrected chi connectivity index (χ2v) is 4.50. The molecule has 1 unspecified atom stereocenters. The maximum absolute atomic E-state index is 12.7. The van der Waals surface area contributed by atoms with Crippen molar-refractivity contribution in [1.29, 1.82) is 0 Å². The normalized spacial score (nSPS) is 12.6. The van der Waals surface area contributed by atoms with E-state index in [9.17, 15) is 4.39 Å². The van der Waals surface area contributed by atoms with Gasteiger partial charge in [-0.05, 0) is 24.1 Å². The van der Waals surface area contributed by atoms with Gasteiger partial charge in [-0.15, -0.1) is 11.6 Å². The summed E-state index contributed by atoms with van der Waals surface area (Å²) in [6.07, 6.45) is 4.60. The van der Waals surface area contributed by atoms with Gasteiger partial charge in [0.25, 0.3) is 0 Å². The third-order valence-corrected chi connectivity index (χ3v) is 3.19. The Bertz CT molecular complexity index is 478. The molecular formula is C13H14ClFN2. The van der Waals surface area contributed by atoms with Crippen molar-refractivity contribution in [2.75, 3.05) is 0 Å². The lowest BCUT2D eigenvalue weighted by molar-refractivity contribution is 0.624. The molecule has 1 atom stereocenters. The summed E-state index contributed by atoms with van der Waals surface area (Å²) in [4.78, 5) is 0. The summed E-state index contributed by atoms with van der Waals surface area (Å²) in [5.74, 6) is -0.221. The van der Waals surface area contributed by atoms with Crippen molar-refractivity contribution in [3.63, 3.8) is 0 Å². The van der Waals surface area contributed by atoms with Gasteiger partial charge >= 0.3 is 0 Å². The first-order valence-corrected chi connectivity index (χ1v) is 6.03. The number of hydrogen-bond acceptors (Lipinski definition) is 1. The summed E-state index contributed by atoms with van der Waals surface area (Å²) in [5, 5.41) is 4.25. The van der Waals surface area contributed by atoms with Crippen LogP contribution in [0.4, 0.5) is 4.39 Å². The van der Waals surface area contributed by atoms with Crippen LogP contribution in [-0.2, 0) is 6.54 Å². The summed E-state index contributed by atoms with van der Waals surface area (Å²) in [6.45, 7) is 2.67. The van der Waals surface area contributed by atoms with Crippen molar-refractivity contribution in [2.45, 2.75) is 25.3 Å². The summed E-state index contributed by atoms with van der Waals surface area (Å²) < 4.78 is 14.6. The summed E-state index contributed by atoms with van der Waals surface area (Å²) >= 11 is 6.12. The topological polar surface area (TPSA) is 17.8 Å². The molecule has 1 aromatic heterocycles. The van der Waals surface area contributed by atoms with Crippen molar-refractivity contribution in [3.8, 4) is 0 Å². The van der Waals surface area contributed by atoms with Crippen molar-refractivity contribution >= 4 is 11.6 Å². The first kappa shape index (κ1) is 12.1. The summed E-state index contributed by atoms with van der Waals surface area (Å²) in [6, 6.07) is 6.43. The first-order valence-electron chi connectivity index (χ1n) is 5.60. The molecule has 0 saturated heterocycles. The maximum atomic E-state index is 12.7. The van der Waals surface area contributed by atoms with Crippen LogP contribution in [0.1, 0.15) is 29.8 Å². The highest BCUT2D eigenvalue weighted by Gasteiger charge is 2.07. The van der Waals surface area contributed by atoms with E-state index in [0.29, 0.717) is 6.54 Å². The molecule has 2 nitrogen and oxygen atoms in total. The van der Waals surface area contributed by atoms with Crippen LogP contribution in [0.3, 0.4) is 0 Å². The zero-order valence-corrected chi connectivity index (χ0v) is 10.4. The number of alkyl halides is 1. The minimum absolute atomic E-state index is 0.0111. The van der Waals surface area contributed by atoms with Gasteiger partial charge in [-0.2, -0.15) is 5.10 Å². The molecule has 0 bridgehead atoms. The number of hydrogen-bond donors (Lipinski definition) is 0. The minimum Gasteiger partial charge on any atom is -0.268 e. The van der Waals surface area contributed by atoms with Gasteiger partial charge in [-0.3, -0.25) is 4.68 Å². The van der Waals surface area contributed by atoms with Gasteiger partial charge in [0.2, 0.25) is 0 Å². The van der Waals surface area contributed by atoms with Crippen LogP contribution < -0.4 is 0 Å². The molecule has 17 heavy (non-hydrogen) atoms. The van der Waals surface area contributed by atoms with Crippen LogP contribution in [-0.4, -0.2) is 9.78 Å². The van der Waals surface area contributed by atoms with Crippen LogP contribution in [0.5, 0.6) is 0 Å². The summed E-state index contributed by atoms with van der Waals surface area (Å²) in [5.41, 5.74) is 2.04. The molecule has 1 heterocycles. The molecule has 2 rings (SSSR count). The Labute approximate surface area is 105 Å². The van der Waals surface area contributed by atoms with Gasteiger partial charge in [0, 0.05) is 11.8 Å². The van der Waals surface area contributed by atoms with Crippen LogP contribution in [0.15, 0.2) is 36.7 Å². The lowest BCUT2D eigenvalue weighted by Gasteiger charge is -2.03. The molecule has 0 radical (unpaired) electrons. The molecule has 0 saturated carbocycles. The molecule has 4 heteroatoms. The standard InChI is InChI=1S/C13H14ClFN2/c1-2-13(14)11-7-16-17(9-11)8-10-3-5-12(15)6-4-10/h3-7,9,13H,2,8H2,1H3. The van der Waals surface area contributed by atoms with Crippen molar-refractivity contribution in [1.82, 2.24) is 9.78 Å². The Kier molecular flexibility index (Phi) is 3.79. The zero-order valence-electron chi connectivity index (χ0n) is 9.61. The van der Waals surface area contributed by atoms with E-state index < -0.39 is 0 Å². The molecule has 0 amide bonds. The Morgan fingerprint density at radius 1 is 1.35 bits per heavy atom. The molecular weight excluding hydrogens is 239 g/mol. The van der Waals surface area contributed by atoms with E-state index in [1.54, 1.807) is 18.3 Å². The monoisotopic (exact) mass is 252 g/mol. The van der Waals surface area contributed by atoms with Crippen molar-refractivity contribution < 1.29 is 4.39 Å². The Hall–Kier alpha value is -1.35. The summed E-state index contributed by atoms with van der Waals surface area (Å²) in [7, 11) is 0. The van der Waals surface area contributed by atoms with Crippen molar-refractivity contribution in [3.05, 3.63) is 53.6 Å². The highest BCUT2D eigenvalue weighted by atomic mass is 35.5. The molecule has 0 spiro atoms. The predicted octanol–water partition coefficient (Wildman–Crippen LogP) is 3.76. The van der Waals surface area contributed by atoms with Gasteiger partial charge in [-0.1, -0.05) is 19.1 Å². The van der Waals surface area contributed by atoms with Gasteiger partial charge in [0.15, 0.2) is 0 Å². The molecule has 90 valence electrons. The average Bonchev–Trinajstić information content (AvgIpc) is 2.80. The molecule has 0 aliphatic rings. The highest BCUT2D eigenvalue weighted by molar-refractivity contribution is 6.20. The van der Waals surface area contributed by atoms with Crippen LogP contribution in [0, 0.1) is 5.82 Å². The van der Waals surface area contributed by atoms with E-state index >= 15 is 0 Å². The Morgan fingerprint density at radius 2 is 2.06 bits per heavy atom. The lowest BCUT2D eigenvalue weighted by Crippen LogP contribution is -1.99. The predicted molar refractivity (Wildman–Crippen MR) is 66.6 cm³/mol. The van der Waals surface area contributed by atoms with E-state index in [0.717, 1.165) is 17.5 Å². The number of rotatable bonds is 4. The van der Waals surface area contributed by atoms with Crippen LogP contribution in [0.2, 0.25) is 0 Å². The molecule has 0 aliphatic carbocycles. The van der Waals surface area contributed by atoms with E-state index in [1.165, 1.54) is 12.1 Å². The largest absolute Gasteiger partial charge is 0.268 e. The molecule has 0 fully saturated rings. The third kappa shape index (κ3) is 3.07. The molecule has 1 aromatic carbocycles. The first-order chi connectivity index (χ1) is 8.19. The Balaban J connectivity index is 2.08. The fraction of sp³-hybridized carbons (Fsp3) is 0.308. The van der Waals surface area contributed by atoms with E-state index in [-0.39, 0.29) is 11.2 Å². The van der Waals surface area contributed by atoms with E-state index in [4.69, 9.17) is 11.6 Å². The van der Waals surface area contributed by atoms with Crippen LogP contribution in [0.25, 0.3) is 0 Å². The maximum Gasteiger partial charge on any atom is 0.123 e. The van der Waals surface area contributed by atoms with E-state index in [1.807, 2.05) is 17.8 Å². The Morgan fingerprint density at radius 3 is 2.71 bits per heavy atom. The minimum atomic E-state index is -0.221. The zero-order chi connectivity index (χ0) is 12.3. The number of aromatic nitrogens is 2. The smallest absolute Gasteiger partial charge is 0.123 e. The lowest BCUT2D eigenvalue weighted by atomic mass is 10.2. The van der Waals surface area contributed by atoms with Crippen LogP contribution >= 0.6 is 11.6 Å². The second-order valence-electron chi connectivity index (χ2n) is 3.97. The fourth-order valence-electron chi connectivity index (χ4n) is 1.64. The van der Waals surface area contributed by atoms with Gasteiger partial charge < -0.3 is 0 Å². The average molecular weight is 253 g/mol. The molecule has 0 N–H and O–H groups in total. The fourth-order valence-corrected chi connectivity index (χ4v) is 1.75. The highest BCUT2D eigenvalue weighted by Crippen LogP contribution is 2.22. The van der Waals surface area contributed by atoms with E-state index in [2.05, 4.69) is 5.10 Å². The molecule has 2 aromatic rings. The number of nitrogens with zero attached hydrogens (tertiary/aromatic N) is 2. The quantitative estimate of drug-likeness (QED) is 0.758. The van der Waals surface area contributed by atoms with Gasteiger partial charge in [0.05, 0.1) is 18.1 Å².